The molecular weight excluding hydrogens is 330 g/mol. The zero-order valence-corrected chi connectivity index (χ0v) is 15.3. The molecule has 138 valence electrons. The van der Waals surface area contributed by atoms with E-state index in [1.807, 2.05) is 36.4 Å². The number of hydrogen-bond acceptors (Lipinski definition) is 4. The van der Waals surface area contributed by atoms with Gasteiger partial charge in [0.25, 0.3) is 5.91 Å². The normalized spacial score (nSPS) is 14.1. The average Bonchev–Trinajstić information content (AvgIpc) is 3.19. The Balaban J connectivity index is 1.68. The summed E-state index contributed by atoms with van der Waals surface area (Å²) in [6.45, 7) is 0.319. The maximum absolute atomic E-state index is 12.5. The van der Waals surface area contributed by atoms with Crippen molar-refractivity contribution in [2.24, 2.45) is 0 Å². The molecule has 0 spiro atoms. The fraction of sp³-hybridized carbons (Fsp3) is 0.381. The summed E-state index contributed by atoms with van der Waals surface area (Å²) >= 11 is 0. The molecule has 5 nitrogen and oxygen atoms in total. The van der Waals surface area contributed by atoms with E-state index in [1.54, 1.807) is 20.3 Å². The van der Waals surface area contributed by atoms with Gasteiger partial charge in [-0.3, -0.25) is 4.79 Å². The molecule has 0 bridgehead atoms. The van der Waals surface area contributed by atoms with Crippen molar-refractivity contribution in [3.63, 3.8) is 0 Å². The van der Waals surface area contributed by atoms with E-state index in [1.165, 1.54) is 12.8 Å². The molecule has 1 amide bonds. The van der Waals surface area contributed by atoms with Gasteiger partial charge in [-0.2, -0.15) is 0 Å². The average molecular weight is 355 g/mol. The van der Waals surface area contributed by atoms with E-state index < -0.39 is 0 Å². The third-order valence-electron chi connectivity index (χ3n) is 4.69. The smallest absolute Gasteiger partial charge is 0.251 e. The lowest BCUT2D eigenvalue weighted by Gasteiger charge is -2.15. The van der Waals surface area contributed by atoms with Gasteiger partial charge in [-0.25, -0.2) is 0 Å². The number of rotatable bonds is 7. The zero-order valence-electron chi connectivity index (χ0n) is 15.3. The molecule has 5 heteroatoms. The standard InChI is InChI=1S/C21H25NO4/c1-24-18-8-10-19(11-9-18)26-14-16-13-15(7-12-20(16)25-2)21(23)22-17-5-3-4-6-17/h7-13,17H,3-6,14H2,1-2H3,(H,22,23). The van der Waals surface area contributed by atoms with Crippen LogP contribution in [0.3, 0.4) is 0 Å². The number of ether oxygens (including phenoxy) is 3. The monoisotopic (exact) mass is 355 g/mol. The second-order valence-corrected chi connectivity index (χ2v) is 6.45. The van der Waals surface area contributed by atoms with Gasteiger partial charge in [0.15, 0.2) is 0 Å². The summed E-state index contributed by atoms with van der Waals surface area (Å²) in [7, 11) is 3.24. The minimum atomic E-state index is -0.0368. The molecule has 1 N–H and O–H groups in total. The molecule has 0 aromatic heterocycles. The van der Waals surface area contributed by atoms with Gasteiger partial charge in [0.05, 0.1) is 14.2 Å². The second kappa shape index (κ2) is 8.61. The molecule has 1 aliphatic carbocycles. The molecule has 0 unspecified atom stereocenters. The number of amides is 1. The van der Waals surface area contributed by atoms with Crippen LogP contribution in [0, 0.1) is 0 Å². The molecule has 0 aliphatic heterocycles. The number of nitrogens with one attached hydrogen (secondary N) is 1. The first-order valence-electron chi connectivity index (χ1n) is 8.94. The third-order valence-corrected chi connectivity index (χ3v) is 4.69. The highest BCUT2D eigenvalue weighted by Crippen LogP contribution is 2.24. The summed E-state index contributed by atoms with van der Waals surface area (Å²) in [5, 5.41) is 3.11. The van der Waals surface area contributed by atoms with E-state index in [0.29, 0.717) is 24.0 Å². The quantitative estimate of drug-likeness (QED) is 0.817. The fourth-order valence-electron chi connectivity index (χ4n) is 3.20. The maximum atomic E-state index is 12.5. The lowest BCUT2D eigenvalue weighted by molar-refractivity contribution is 0.0937. The highest BCUT2D eigenvalue weighted by atomic mass is 16.5. The number of carbonyl (C=O) groups excluding carboxylic acids is 1. The van der Waals surface area contributed by atoms with Gasteiger partial charge in [0, 0.05) is 17.2 Å². The Hall–Kier alpha value is -2.69. The van der Waals surface area contributed by atoms with Crippen molar-refractivity contribution in [3.8, 4) is 17.2 Å². The van der Waals surface area contributed by atoms with E-state index >= 15 is 0 Å². The predicted molar refractivity (Wildman–Crippen MR) is 100 cm³/mol. The fourth-order valence-corrected chi connectivity index (χ4v) is 3.20. The molecule has 1 saturated carbocycles. The van der Waals surface area contributed by atoms with Crippen LogP contribution in [-0.2, 0) is 6.61 Å². The summed E-state index contributed by atoms with van der Waals surface area (Å²) in [4.78, 5) is 12.5. The second-order valence-electron chi connectivity index (χ2n) is 6.45. The van der Waals surface area contributed by atoms with E-state index in [2.05, 4.69) is 5.32 Å². The molecule has 2 aromatic rings. The lowest BCUT2D eigenvalue weighted by atomic mass is 10.1. The van der Waals surface area contributed by atoms with E-state index in [0.717, 1.165) is 29.9 Å². The van der Waals surface area contributed by atoms with Crippen LogP contribution in [0.4, 0.5) is 0 Å². The highest BCUT2D eigenvalue weighted by molar-refractivity contribution is 5.94. The lowest BCUT2D eigenvalue weighted by Crippen LogP contribution is -2.32. The minimum Gasteiger partial charge on any atom is -0.497 e. The molecule has 0 radical (unpaired) electrons. The number of hydrogen-bond donors (Lipinski definition) is 1. The van der Waals surface area contributed by atoms with Crippen LogP contribution in [0.5, 0.6) is 17.2 Å². The molecular formula is C21H25NO4. The van der Waals surface area contributed by atoms with Gasteiger partial charge in [-0.05, 0) is 55.3 Å². The molecule has 1 fully saturated rings. The summed E-state index contributed by atoms with van der Waals surface area (Å²) in [6, 6.07) is 13.1. The van der Waals surface area contributed by atoms with Crippen molar-refractivity contribution >= 4 is 5.91 Å². The molecule has 26 heavy (non-hydrogen) atoms. The van der Waals surface area contributed by atoms with Gasteiger partial charge in [-0.15, -0.1) is 0 Å². The third kappa shape index (κ3) is 4.48. The van der Waals surface area contributed by atoms with E-state index in [4.69, 9.17) is 14.2 Å². The van der Waals surface area contributed by atoms with Crippen LogP contribution < -0.4 is 19.5 Å². The first-order valence-corrected chi connectivity index (χ1v) is 8.94. The van der Waals surface area contributed by atoms with Crippen LogP contribution in [0.2, 0.25) is 0 Å². The van der Waals surface area contributed by atoms with Crippen LogP contribution in [0.25, 0.3) is 0 Å². The summed E-state index contributed by atoms with van der Waals surface area (Å²) in [5.41, 5.74) is 1.47. The molecule has 1 aliphatic rings. The van der Waals surface area contributed by atoms with Crippen LogP contribution >= 0.6 is 0 Å². The summed E-state index contributed by atoms with van der Waals surface area (Å²) in [6.07, 6.45) is 4.51. The summed E-state index contributed by atoms with van der Waals surface area (Å²) < 4.78 is 16.4. The van der Waals surface area contributed by atoms with Crippen molar-refractivity contribution in [1.82, 2.24) is 5.32 Å². The molecule has 0 heterocycles. The van der Waals surface area contributed by atoms with Crippen molar-refractivity contribution in [3.05, 3.63) is 53.6 Å². The highest BCUT2D eigenvalue weighted by Gasteiger charge is 2.18. The van der Waals surface area contributed by atoms with Crippen molar-refractivity contribution in [2.45, 2.75) is 38.3 Å². The van der Waals surface area contributed by atoms with E-state index in [9.17, 15) is 4.79 Å². The minimum absolute atomic E-state index is 0.0368. The van der Waals surface area contributed by atoms with Crippen LogP contribution in [0.1, 0.15) is 41.6 Å². The van der Waals surface area contributed by atoms with Crippen LogP contribution in [0.15, 0.2) is 42.5 Å². The van der Waals surface area contributed by atoms with Crippen molar-refractivity contribution in [2.75, 3.05) is 14.2 Å². The van der Waals surface area contributed by atoms with Crippen molar-refractivity contribution < 1.29 is 19.0 Å². The van der Waals surface area contributed by atoms with Gasteiger partial charge in [0.1, 0.15) is 23.9 Å². The summed E-state index contributed by atoms with van der Waals surface area (Å²) in [5.74, 6) is 2.18. The maximum Gasteiger partial charge on any atom is 0.251 e. The van der Waals surface area contributed by atoms with E-state index in [-0.39, 0.29) is 5.91 Å². The molecule has 0 atom stereocenters. The topological polar surface area (TPSA) is 56.8 Å². The van der Waals surface area contributed by atoms with Gasteiger partial charge < -0.3 is 19.5 Å². The zero-order chi connectivity index (χ0) is 18.4. The Kier molecular flexibility index (Phi) is 6.00. The number of benzene rings is 2. The van der Waals surface area contributed by atoms with Gasteiger partial charge in [-0.1, -0.05) is 12.8 Å². The number of methoxy groups -OCH3 is 2. The Morgan fingerprint density at radius 2 is 1.69 bits per heavy atom. The molecule has 2 aromatic carbocycles. The Labute approximate surface area is 154 Å². The molecule has 3 rings (SSSR count). The Morgan fingerprint density at radius 1 is 1.00 bits per heavy atom. The first-order chi connectivity index (χ1) is 12.7. The Bertz CT molecular complexity index is 736. The molecule has 0 saturated heterocycles. The van der Waals surface area contributed by atoms with Crippen LogP contribution in [-0.4, -0.2) is 26.2 Å². The SMILES string of the molecule is COc1ccc(OCc2cc(C(=O)NC3CCCC3)ccc2OC)cc1. The number of carbonyl (C=O) groups is 1. The Morgan fingerprint density at radius 3 is 2.35 bits per heavy atom. The predicted octanol–water partition coefficient (Wildman–Crippen LogP) is 3.96. The largest absolute Gasteiger partial charge is 0.497 e. The van der Waals surface area contributed by atoms with Crippen molar-refractivity contribution in [1.29, 1.82) is 0 Å². The first kappa shape index (κ1) is 18.1. The van der Waals surface area contributed by atoms with Gasteiger partial charge in [0.2, 0.25) is 0 Å². The van der Waals surface area contributed by atoms with Gasteiger partial charge >= 0.3 is 0 Å².